The molecule has 0 bridgehead atoms. The molecule has 0 fully saturated rings. The second-order valence-electron chi connectivity index (χ2n) is 4.66. The predicted octanol–water partition coefficient (Wildman–Crippen LogP) is 4.00. The summed E-state index contributed by atoms with van der Waals surface area (Å²) in [6, 6.07) is 21.9. The molecule has 0 radical (unpaired) electrons. The molecule has 0 saturated carbocycles. The van der Waals surface area contributed by atoms with E-state index < -0.39 is 0 Å². The van der Waals surface area contributed by atoms with E-state index in [-0.39, 0.29) is 7.92 Å². The summed E-state index contributed by atoms with van der Waals surface area (Å²) in [5.74, 6) is 0. The maximum Gasteiger partial charge on any atom is 0.00883 e. The van der Waals surface area contributed by atoms with Crippen LogP contribution in [0.15, 0.2) is 85.0 Å². The molecule has 19 heavy (non-hydrogen) atoms. The Morgan fingerprint density at radius 1 is 0.737 bits per heavy atom. The van der Waals surface area contributed by atoms with Crippen molar-refractivity contribution >= 4 is 18.5 Å². The van der Waals surface area contributed by atoms with Crippen molar-refractivity contribution in [1.29, 1.82) is 0 Å². The minimum Gasteiger partial charge on any atom is -0.0836 e. The first-order chi connectivity index (χ1) is 9.45. The first-order valence-corrected chi connectivity index (χ1v) is 8.09. The van der Waals surface area contributed by atoms with Crippen molar-refractivity contribution < 1.29 is 0 Å². The SMILES string of the molecule is C1=CCC(P(c2ccccc2)c2ccccc2)C=C1. The van der Waals surface area contributed by atoms with Crippen LogP contribution < -0.4 is 10.6 Å². The summed E-state index contributed by atoms with van der Waals surface area (Å²) in [4.78, 5) is 0. The van der Waals surface area contributed by atoms with Gasteiger partial charge in [0.25, 0.3) is 0 Å². The third-order valence-corrected chi connectivity index (χ3v) is 6.11. The minimum atomic E-state index is -0.307. The summed E-state index contributed by atoms with van der Waals surface area (Å²) in [6.07, 6.45) is 10.1. The summed E-state index contributed by atoms with van der Waals surface area (Å²) in [5, 5.41) is 2.93. The Labute approximate surface area is 116 Å². The molecule has 0 saturated heterocycles. The Morgan fingerprint density at radius 3 is 1.79 bits per heavy atom. The largest absolute Gasteiger partial charge is 0.0836 e. The number of rotatable bonds is 3. The van der Waals surface area contributed by atoms with E-state index in [1.54, 1.807) is 0 Å². The molecule has 94 valence electrons. The second-order valence-corrected chi connectivity index (χ2v) is 7.09. The van der Waals surface area contributed by atoms with Crippen LogP contribution in [-0.4, -0.2) is 5.66 Å². The normalized spacial score (nSPS) is 17.8. The standard InChI is InChI=1S/C18H17P/c1-4-10-16(11-5-1)19(17-12-6-2-7-13-17)18-14-8-3-9-15-18/h1-14,18H,15H2. The maximum atomic E-state index is 2.37. The van der Waals surface area contributed by atoms with Crippen LogP contribution in [0.2, 0.25) is 0 Å². The average Bonchev–Trinajstić information content (AvgIpc) is 2.51. The van der Waals surface area contributed by atoms with Crippen molar-refractivity contribution in [2.75, 3.05) is 0 Å². The van der Waals surface area contributed by atoms with Crippen LogP contribution in [0, 0.1) is 0 Å². The zero-order valence-corrected chi connectivity index (χ0v) is 11.7. The third kappa shape index (κ3) is 2.85. The van der Waals surface area contributed by atoms with Crippen LogP contribution >= 0.6 is 7.92 Å². The van der Waals surface area contributed by atoms with E-state index in [2.05, 4.69) is 85.0 Å². The number of benzene rings is 2. The van der Waals surface area contributed by atoms with Gasteiger partial charge in [-0.2, -0.15) is 0 Å². The van der Waals surface area contributed by atoms with Crippen molar-refractivity contribution in [2.24, 2.45) is 0 Å². The zero-order chi connectivity index (χ0) is 12.9. The molecule has 1 heteroatoms. The smallest absolute Gasteiger partial charge is 0.00883 e. The molecule has 1 unspecified atom stereocenters. The van der Waals surface area contributed by atoms with Gasteiger partial charge in [0.1, 0.15) is 0 Å². The van der Waals surface area contributed by atoms with Gasteiger partial charge in [0.05, 0.1) is 0 Å². The van der Waals surface area contributed by atoms with E-state index in [1.165, 1.54) is 10.6 Å². The zero-order valence-electron chi connectivity index (χ0n) is 10.8. The van der Waals surface area contributed by atoms with Crippen LogP contribution in [0.4, 0.5) is 0 Å². The van der Waals surface area contributed by atoms with E-state index in [1.807, 2.05) is 0 Å². The summed E-state index contributed by atoms with van der Waals surface area (Å²) in [7, 11) is -0.307. The van der Waals surface area contributed by atoms with E-state index in [4.69, 9.17) is 0 Å². The van der Waals surface area contributed by atoms with Crippen molar-refractivity contribution in [3.05, 3.63) is 85.0 Å². The highest BCUT2D eigenvalue weighted by Gasteiger charge is 2.22. The fraction of sp³-hybridized carbons (Fsp3) is 0.111. The number of hydrogen-bond acceptors (Lipinski definition) is 0. The Morgan fingerprint density at radius 2 is 1.32 bits per heavy atom. The Kier molecular flexibility index (Phi) is 3.91. The summed E-state index contributed by atoms with van der Waals surface area (Å²) >= 11 is 0. The van der Waals surface area contributed by atoms with Gasteiger partial charge >= 0.3 is 0 Å². The van der Waals surface area contributed by atoms with E-state index in [0.29, 0.717) is 5.66 Å². The highest BCUT2D eigenvalue weighted by Crippen LogP contribution is 2.42. The van der Waals surface area contributed by atoms with Gasteiger partial charge in [0.15, 0.2) is 0 Å². The molecule has 0 spiro atoms. The van der Waals surface area contributed by atoms with Gasteiger partial charge in [0, 0.05) is 5.66 Å². The maximum absolute atomic E-state index is 2.37. The van der Waals surface area contributed by atoms with Crippen LogP contribution in [0.5, 0.6) is 0 Å². The van der Waals surface area contributed by atoms with Crippen molar-refractivity contribution in [2.45, 2.75) is 12.1 Å². The van der Waals surface area contributed by atoms with Gasteiger partial charge in [0.2, 0.25) is 0 Å². The van der Waals surface area contributed by atoms with Gasteiger partial charge in [-0.3, -0.25) is 0 Å². The molecule has 0 heterocycles. The quantitative estimate of drug-likeness (QED) is 0.735. The number of hydrogen-bond donors (Lipinski definition) is 0. The van der Waals surface area contributed by atoms with Gasteiger partial charge in [-0.1, -0.05) is 85.0 Å². The van der Waals surface area contributed by atoms with Crippen molar-refractivity contribution in [3.63, 3.8) is 0 Å². The van der Waals surface area contributed by atoms with Crippen molar-refractivity contribution in [1.82, 2.24) is 0 Å². The van der Waals surface area contributed by atoms with Gasteiger partial charge in [-0.05, 0) is 25.0 Å². The molecule has 0 aliphatic heterocycles. The molecule has 0 amide bonds. The summed E-state index contributed by atoms with van der Waals surface area (Å²) < 4.78 is 0. The lowest BCUT2D eigenvalue weighted by atomic mass is 10.2. The minimum absolute atomic E-state index is 0.307. The van der Waals surface area contributed by atoms with Crippen molar-refractivity contribution in [3.8, 4) is 0 Å². The lowest BCUT2D eigenvalue weighted by molar-refractivity contribution is 1.05. The van der Waals surface area contributed by atoms with E-state index in [9.17, 15) is 0 Å². The monoisotopic (exact) mass is 264 g/mol. The summed E-state index contributed by atoms with van der Waals surface area (Å²) in [5.41, 5.74) is 0.616. The molecule has 3 rings (SSSR count). The fourth-order valence-electron chi connectivity index (χ4n) is 2.47. The lowest BCUT2D eigenvalue weighted by Crippen LogP contribution is -2.20. The van der Waals surface area contributed by atoms with Gasteiger partial charge < -0.3 is 0 Å². The predicted molar refractivity (Wildman–Crippen MR) is 85.8 cm³/mol. The highest BCUT2D eigenvalue weighted by atomic mass is 31.1. The molecule has 2 aromatic carbocycles. The Hall–Kier alpha value is -1.65. The Balaban J connectivity index is 2.01. The lowest BCUT2D eigenvalue weighted by Gasteiger charge is -2.26. The molecule has 1 aliphatic rings. The fourth-order valence-corrected chi connectivity index (χ4v) is 5.12. The van der Waals surface area contributed by atoms with Gasteiger partial charge in [-0.15, -0.1) is 0 Å². The number of allylic oxidation sites excluding steroid dienone is 4. The second kappa shape index (κ2) is 5.99. The van der Waals surface area contributed by atoms with E-state index in [0.717, 1.165) is 6.42 Å². The topological polar surface area (TPSA) is 0 Å². The molecule has 0 nitrogen and oxygen atoms in total. The highest BCUT2D eigenvalue weighted by molar-refractivity contribution is 7.73. The molecule has 2 aromatic rings. The van der Waals surface area contributed by atoms with Crippen LogP contribution in [0.1, 0.15) is 6.42 Å². The molecule has 0 N–H and O–H groups in total. The third-order valence-electron chi connectivity index (χ3n) is 3.36. The molecule has 0 aromatic heterocycles. The molecule has 1 aliphatic carbocycles. The Bertz CT molecular complexity index is 530. The molecular formula is C18H17P. The average molecular weight is 264 g/mol. The first-order valence-electron chi connectivity index (χ1n) is 6.68. The summed E-state index contributed by atoms with van der Waals surface area (Å²) in [6.45, 7) is 0. The van der Waals surface area contributed by atoms with Gasteiger partial charge in [-0.25, -0.2) is 0 Å². The molecule has 1 atom stereocenters. The van der Waals surface area contributed by atoms with Crippen LogP contribution in [-0.2, 0) is 0 Å². The molecular weight excluding hydrogens is 247 g/mol. The van der Waals surface area contributed by atoms with Crippen LogP contribution in [0.3, 0.4) is 0 Å². The van der Waals surface area contributed by atoms with E-state index >= 15 is 0 Å². The first kappa shape index (κ1) is 12.4. The van der Waals surface area contributed by atoms with Crippen LogP contribution in [0.25, 0.3) is 0 Å².